The summed E-state index contributed by atoms with van der Waals surface area (Å²) in [6, 6.07) is 0. The molecule has 0 spiro atoms. The average Bonchev–Trinajstić information content (AvgIpc) is 3.34. The van der Waals surface area contributed by atoms with Gasteiger partial charge in [0, 0.05) is 0 Å². The van der Waals surface area contributed by atoms with Crippen molar-refractivity contribution in [2.45, 2.75) is 104 Å². The van der Waals surface area contributed by atoms with Gasteiger partial charge in [-0.3, -0.25) is 0 Å². The lowest BCUT2D eigenvalue weighted by molar-refractivity contribution is 0.633. The van der Waals surface area contributed by atoms with Gasteiger partial charge in [0.05, 0.1) is 0 Å². The maximum atomic E-state index is 2.35. The van der Waals surface area contributed by atoms with Crippen LogP contribution in [0.3, 0.4) is 0 Å². The molecule has 0 unspecified atom stereocenters. The predicted molar refractivity (Wildman–Crippen MR) is 92.2 cm³/mol. The van der Waals surface area contributed by atoms with Crippen molar-refractivity contribution in [3.63, 3.8) is 0 Å². The topological polar surface area (TPSA) is 0 Å². The highest BCUT2D eigenvalue weighted by molar-refractivity contribution is 5.21. The van der Waals surface area contributed by atoms with E-state index >= 15 is 0 Å². The highest BCUT2D eigenvalue weighted by Gasteiger charge is 2.05. The van der Waals surface area contributed by atoms with Crippen molar-refractivity contribution in [1.82, 2.24) is 0 Å². The zero-order valence-corrected chi connectivity index (χ0v) is 14.1. The molecule has 0 N–H and O–H groups in total. The highest BCUT2D eigenvalue weighted by Crippen LogP contribution is 2.25. The molecule has 2 aliphatic rings. The second kappa shape index (κ2) is 12.2. The van der Waals surface area contributed by atoms with Crippen molar-refractivity contribution in [1.29, 1.82) is 0 Å². The molecule has 0 bridgehead atoms. The summed E-state index contributed by atoms with van der Waals surface area (Å²) in [5.74, 6) is 0. The lowest BCUT2D eigenvalue weighted by Crippen LogP contribution is -1.76. The smallest absolute Gasteiger partial charge is 0.0136 e. The van der Waals surface area contributed by atoms with Gasteiger partial charge in [-0.1, -0.05) is 88.5 Å². The molecule has 0 fully saturated rings. The van der Waals surface area contributed by atoms with E-state index in [4.69, 9.17) is 0 Å². The van der Waals surface area contributed by atoms with E-state index in [1.807, 2.05) is 0 Å². The second-order valence-corrected chi connectivity index (χ2v) is 6.46. The molecule has 116 valence electrons. The molecule has 0 heterocycles. The average molecular weight is 277 g/mol. The van der Waals surface area contributed by atoms with Crippen LogP contribution in [0.5, 0.6) is 0 Å². The van der Waals surface area contributed by atoms with E-state index in [0.29, 0.717) is 0 Å². The van der Waals surface area contributed by atoms with Crippen LogP contribution >= 0.6 is 0 Å². The van der Waals surface area contributed by atoms with Gasteiger partial charge in [-0.15, -0.1) is 0 Å². The minimum Gasteiger partial charge on any atom is -0.0810 e. The van der Waals surface area contributed by atoms with E-state index < -0.39 is 0 Å². The summed E-state index contributed by atoms with van der Waals surface area (Å²) in [6.45, 7) is 4.53. The maximum absolute atomic E-state index is 2.35. The summed E-state index contributed by atoms with van der Waals surface area (Å²) in [7, 11) is 0. The third-order valence-electron chi connectivity index (χ3n) is 4.19. The van der Waals surface area contributed by atoms with Crippen LogP contribution < -0.4 is 0 Å². The Kier molecular flexibility index (Phi) is 10.7. The summed E-state index contributed by atoms with van der Waals surface area (Å²) >= 11 is 0. The Morgan fingerprint density at radius 3 is 1.25 bits per heavy atom. The van der Waals surface area contributed by atoms with E-state index in [2.05, 4.69) is 26.0 Å². The predicted octanol–water partition coefficient (Wildman–Crippen LogP) is 7.35. The fourth-order valence-electron chi connectivity index (χ4n) is 2.46. The van der Waals surface area contributed by atoms with Crippen LogP contribution in [0.25, 0.3) is 0 Å². The number of allylic oxidation sites excluding steroid dienone is 4. The molecule has 0 aliphatic heterocycles. The molecular formula is C20H36. The van der Waals surface area contributed by atoms with E-state index in [1.54, 1.807) is 11.1 Å². The van der Waals surface area contributed by atoms with Crippen LogP contribution in [0.4, 0.5) is 0 Å². The summed E-state index contributed by atoms with van der Waals surface area (Å²) in [5.41, 5.74) is 3.41. The molecule has 0 nitrogen and oxygen atoms in total. The van der Waals surface area contributed by atoms with Gasteiger partial charge >= 0.3 is 0 Å². The Balaban J connectivity index is 0.000000200. The van der Waals surface area contributed by atoms with Crippen LogP contribution in [0.1, 0.15) is 104 Å². The summed E-state index contributed by atoms with van der Waals surface area (Å²) in [5, 5.41) is 0. The molecule has 2 aliphatic carbocycles. The van der Waals surface area contributed by atoms with Gasteiger partial charge in [-0.2, -0.15) is 0 Å². The molecule has 0 radical (unpaired) electrons. The molecule has 0 amide bonds. The number of hydrogen-bond acceptors (Lipinski definition) is 0. The Morgan fingerprint density at radius 1 is 0.600 bits per heavy atom. The Hall–Kier alpha value is -0.520. The lowest BCUT2D eigenvalue weighted by Gasteiger charge is -1.95. The number of hydrogen-bond donors (Lipinski definition) is 0. The van der Waals surface area contributed by atoms with Gasteiger partial charge < -0.3 is 0 Å². The van der Waals surface area contributed by atoms with Gasteiger partial charge in [-0.25, -0.2) is 0 Å². The largest absolute Gasteiger partial charge is 0.0810 e. The molecule has 0 heteroatoms. The maximum Gasteiger partial charge on any atom is -0.0136 e. The first kappa shape index (κ1) is 17.5. The third-order valence-corrected chi connectivity index (χ3v) is 4.19. The van der Waals surface area contributed by atoms with Crippen molar-refractivity contribution in [3.05, 3.63) is 23.3 Å². The van der Waals surface area contributed by atoms with Crippen molar-refractivity contribution in [2.24, 2.45) is 0 Å². The number of rotatable bonds is 12. The minimum atomic E-state index is 1.33. The molecule has 0 atom stereocenters. The molecule has 0 saturated carbocycles. The first-order valence-corrected chi connectivity index (χ1v) is 9.22. The normalized spacial score (nSPS) is 15.1. The van der Waals surface area contributed by atoms with Gasteiger partial charge in [0.1, 0.15) is 0 Å². The van der Waals surface area contributed by atoms with Crippen LogP contribution in [-0.4, -0.2) is 0 Å². The quantitative estimate of drug-likeness (QED) is 0.258. The molecule has 0 aromatic rings. The number of unbranched alkanes of at least 4 members (excludes halogenated alkanes) is 8. The summed E-state index contributed by atoms with van der Waals surface area (Å²) in [6.07, 6.45) is 24.4. The molecule has 20 heavy (non-hydrogen) atoms. The zero-order valence-electron chi connectivity index (χ0n) is 14.1. The fraction of sp³-hybridized carbons (Fsp3) is 0.800. The van der Waals surface area contributed by atoms with Gasteiger partial charge in [-0.05, 0) is 38.5 Å². The van der Waals surface area contributed by atoms with Gasteiger partial charge in [0.25, 0.3) is 0 Å². The Bertz CT molecular complexity index is 252. The minimum absolute atomic E-state index is 1.33. The second-order valence-electron chi connectivity index (χ2n) is 6.46. The SMILES string of the molecule is CCCCCCCC1=CC1.CCCCCCCC1=CC1. The Labute approximate surface area is 127 Å². The van der Waals surface area contributed by atoms with Gasteiger partial charge in [0.2, 0.25) is 0 Å². The molecule has 0 saturated heterocycles. The molecule has 0 aromatic carbocycles. The van der Waals surface area contributed by atoms with E-state index in [-0.39, 0.29) is 0 Å². The van der Waals surface area contributed by atoms with Crippen molar-refractivity contribution >= 4 is 0 Å². The monoisotopic (exact) mass is 276 g/mol. The first-order valence-electron chi connectivity index (χ1n) is 9.22. The standard InChI is InChI=1S/2C10H18/c2*1-2-3-4-5-6-7-10-8-9-10/h2*8H,2-7,9H2,1H3. The van der Waals surface area contributed by atoms with Crippen LogP contribution in [-0.2, 0) is 0 Å². The van der Waals surface area contributed by atoms with Crippen molar-refractivity contribution in [3.8, 4) is 0 Å². The molecule has 2 rings (SSSR count). The molecular weight excluding hydrogens is 240 g/mol. The highest BCUT2D eigenvalue weighted by atomic mass is 14.1. The van der Waals surface area contributed by atoms with Crippen LogP contribution in [0, 0.1) is 0 Å². The zero-order chi connectivity index (χ0) is 14.5. The summed E-state index contributed by atoms with van der Waals surface area (Å²) in [4.78, 5) is 0. The van der Waals surface area contributed by atoms with E-state index in [1.165, 1.54) is 89.9 Å². The lowest BCUT2D eigenvalue weighted by atomic mass is 10.1. The Morgan fingerprint density at radius 2 is 0.950 bits per heavy atom. The first-order chi connectivity index (χ1) is 9.86. The van der Waals surface area contributed by atoms with Crippen LogP contribution in [0.2, 0.25) is 0 Å². The van der Waals surface area contributed by atoms with Crippen molar-refractivity contribution < 1.29 is 0 Å². The summed E-state index contributed by atoms with van der Waals surface area (Å²) < 4.78 is 0. The van der Waals surface area contributed by atoms with E-state index in [9.17, 15) is 0 Å². The fourth-order valence-corrected chi connectivity index (χ4v) is 2.46. The van der Waals surface area contributed by atoms with E-state index in [0.717, 1.165) is 0 Å². The van der Waals surface area contributed by atoms with Gasteiger partial charge in [0.15, 0.2) is 0 Å². The molecule has 0 aromatic heterocycles. The van der Waals surface area contributed by atoms with Crippen molar-refractivity contribution in [2.75, 3.05) is 0 Å². The van der Waals surface area contributed by atoms with Crippen LogP contribution in [0.15, 0.2) is 23.3 Å². The third kappa shape index (κ3) is 12.5.